The molecule has 1 heterocycles. The molecule has 2 N–H and O–H groups in total. The number of nitrogens with two attached hydrogens (primary N) is 1. The summed E-state index contributed by atoms with van der Waals surface area (Å²) in [7, 11) is 0. The Morgan fingerprint density at radius 2 is 2.15 bits per heavy atom. The predicted octanol–water partition coefficient (Wildman–Crippen LogP) is 2.05. The molecule has 0 fully saturated rings. The number of hydrogen-bond acceptors (Lipinski definition) is 5. The summed E-state index contributed by atoms with van der Waals surface area (Å²) >= 11 is 0. The third-order valence-electron chi connectivity index (χ3n) is 3.07. The zero-order valence-corrected chi connectivity index (χ0v) is 12.0. The minimum atomic E-state index is 0.730. The van der Waals surface area contributed by atoms with Crippen LogP contribution in [0.2, 0.25) is 0 Å². The summed E-state index contributed by atoms with van der Waals surface area (Å²) in [5, 5.41) is 11.9. The normalized spacial score (nSPS) is 10.9. The minimum absolute atomic E-state index is 0.730. The lowest BCUT2D eigenvalue weighted by molar-refractivity contribution is 0.128. The molecule has 0 unspecified atom stereocenters. The van der Waals surface area contributed by atoms with Gasteiger partial charge in [0.25, 0.3) is 0 Å². The monoisotopic (exact) mass is 275 g/mol. The zero-order valence-electron chi connectivity index (χ0n) is 12.0. The molecule has 2 aromatic rings. The van der Waals surface area contributed by atoms with Gasteiger partial charge < -0.3 is 10.5 Å². The molecule has 0 spiro atoms. The second kappa shape index (κ2) is 7.00. The van der Waals surface area contributed by atoms with E-state index in [-0.39, 0.29) is 0 Å². The van der Waals surface area contributed by atoms with Crippen molar-refractivity contribution in [3.63, 3.8) is 0 Å². The van der Waals surface area contributed by atoms with Crippen molar-refractivity contribution in [2.75, 3.05) is 18.9 Å². The van der Waals surface area contributed by atoms with Crippen LogP contribution in [-0.4, -0.2) is 33.4 Å². The van der Waals surface area contributed by atoms with Crippen LogP contribution in [-0.2, 0) is 11.3 Å². The predicted molar refractivity (Wildman–Crippen MR) is 78.1 cm³/mol. The van der Waals surface area contributed by atoms with Gasteiger partial charge in [-0.25, -0.2) is 4.68 Å². The van der Waals surface area contributed by atoms with Crippen LogP contribution in [0.5, 0.6) is 0 Å². The van der Waals surface area contributed by atoms with E-state index in [1.165, 1.54) is 0 Å². The third-order valence-corrected chi connectivity index (χ3v) is 3.07. The molecule has 2 rings (SSSR count). The Morgan fingerprint density at radius 3 is 2.90 bits per heavy atom. The number of hydrogen-bond donors (Lipinski definition) is 1. The molecule has 0 atom stereocenters. The number of nitrogen functional groups attached to an aromatic ring is 1. The van der Waals surface area contributed by atoms with Crippen LogP contribution in [0.1, 0.15) is 25.3 Å². The molecule has 20 heavy (non-hydrogen) atoms. The summed E-state index contributed by atoms with van der Waals surface area (Å²) < 4.78 is 7.27. The smallest absolute Gasteiger partial charge is 0.182 e. The van der Waals surface area contributed by atoms with E-state index in [1.807, 2.05) is 25.1 Å². The standard InChI is InChI=1S/C14H21N5O/c1-3-8-20-9-4-7-19-14(16-17-18-19)12-5-6-13(15)11(2)10-12/h5-6,10H,3-4,7-9,15H2,1-2H3. The van der Waals surface area contributed by atoms with Crippen LogP contribution in [0.25, 0.3) is 11.4 Å². The lowest BCUT2D eigenvalue weighted by Gasteiger charge is -2.07. The summed E-state index contributed by atoms with van der Waals surface area (Å²) in [6.07, 6.45) is 1.94. The van der Waals surface area contributed by atoms with Crippen LogP contribution in [0.4, 0.5) is 5.69 Å². The molecule has 1 aromatic heterocycles. The number of aromatic nitrogens is 4. The van der Waals surface area contributed by atoms with Crippen LogP contribution in [0, 0.1) is 6.92 Å². The largest absolute Gasteiger partial charge is 0.399 e. The van der Waals surface area contributed by atoms with Gasteiger partial charge in [-0.05, 0) is 54.0 Å². The lowest BCUT2D eigenvalue weighted by atomic mass is 10.1. The fourth-order valence-corrected chi connectivity index (χ4v) is 1.94. The molecule has 0 radical (unpaired) electrons. The van der Waals surface area contributed by atoms with Crippen molar-refractivity contribution >= 4 is 5.69 Å². The summed E-state index contributed by atoms with van der Waals surface area (Å²) in [5.41, 5.74) is 8.62. The van der Waals surface area contributed by atoms with Crippen molar-refractivity contribution < 1.29 is 4.74 Å². The van der Waals surface area contributed by atoms with Gasteiger partial charge >= 0.3 is 0 Å². The van der Waals surface area contributed by atoms with E-state index in [2.05, 4.69) is 22.4 Å². The van der Waals surface area contributed by atoms with E-state index >= 15 is 0 Å². The highest BCUT2D eigenvalue weighted by molar-refractivity contribution is 5.61. The highest BCUT2D eigenvalue weighted by Gasteiger charge is 2.09. The highest BCUT2D eigenvalue weighted by Crippen LogP contribution is 2.21. The number of anilines is 1. The average Bonchev–Trinajstić information content (AvgIpc) is 2.90. The molecule has 0 aliphatic carbocycles. The van der Waals surface area contributed by atoms with Crippen molar-refractivity contribution in [2.45, 2.75) is 33.2 Å². The van der Waals surface area contributed by atoms with Crippen LogP contribution in [0.15, 0.2) is 18.2 Å². The third kappa shape index (κ3) is 3.54. The summed E-state index contributed by atoms with van der Waals surface area (Å²) in [6, 6.07) is 5.83. The first-order valence-electron chi connectivity index (χ1n) is 6.92. The first-order chi connectivity index (χ1) is 9.72. The van der Waals surface area contributed by atoms with E-state index in [1.54, 1.807) is 4.68 Å². The topological polar surface area (TPSA) is 78.8 Å². The van der Waals surface area contributed by atoms with Gasteiger partial charge in [-0.15, -0.1) is 5.10 Å². The Bertz CT molecular complexity index is 552. The first kappa shape index (κ1) is 14.5. The fraction of sp³-hybridized carbons (Fsp3) is 0.500. The summed E-state index contributed by atoms with van der Waals surface area (Å²) in [5.74, 6) is 0.767. The number of ether oxygens (including phenoxy) is 1. The fourth-order valence-electron chi connectivity index (χ4n) is 1.94. The number of tetrazole rings is 1. The molecular weight excluding hydrogens is 254 g/mol. The zero-order chi connectivity index (χ0) is 14.4. The average molecular weight is 275 g/mol. The molecule has 0 aliphatic heterocycles. The molecule has 0 saturated carbocycles. The lowest BCUT2D eigenvalue weighted by Crippen LogP contribution is -2.07. The van der Waals surface area contributed by atoms with E-state index in [0.717, 1.165) is 55.2 Å². The van der Waals surface area contributed by atoms with Crippen molar-refractivity contribution in [2.24, 2.45) is 0 Å². The molecule has 0 bridgehead atoms. The Hall–Kier alpha value is -1.95. The molecule has 0 amide bonds. The number of benzene rings is 1. The van der Waals surface area contributed by atoms with Crippen molar-refractivity contribution in [3.05, 3.63) is 23.8 Å². The highest BCUT2D eigenvalue weighted by atomic mass is 16.5. The summed E-state index contributed by atoms with van der Waals surface area (Å²) in [6.45, 7) is 6.36. The van der Waals surface area contributed by atoms with Gasteiger partial charge in [-0.1, -0.05) is 6.92 Å². The van der Waals surface area contributed by atoms with Gasteiger partial charge in [0.2, 0.25) is 0 Å². The van der Waals surface area contributed by atoms with E-state index in [9.17, 15) is 0 Å². The van der Waals surface area contributed by atoms with Crippen LogP contribution >= 0.6 is 0 Å². The second-order valence-electron chi connectivity index (χ2n) is 4.76. The molecule has 1 aromatic carbocycles. The van der Waals surface area contributed by atoms with E-state index < -0.39 is 0 Å². The van der Waals surface area contributed by atoms with E-state index in [0.29, 0.717) is 0 Å². The number of aryl methyl sites for hydroxylation is 2. The maximum absolute atomic E-state index is 5.83. The Labute approximate surface area is 118 Å². The molecule has 0 saturated heterocycles. The van der Waals surface area contributed by atoms with Crippen LogP contribution < -0.4 is 5.73 Å². The van der Waals surface area contributed by atoms with Crippen molar-refractivity contribution in [3.8, 4) is 11.4 Å². The van der Waals surface area contributed by atoms with Gasteiger partial charge in [0.15, 0.2) is 5.82 Å². The molecule has 0 aliphatic rings. The molecular formula is C14H21N5O. The number of rotatable bonds is 7. The molecule has 6 nitrogen and oxygen atoms in total. The Kier molecular flexibility index (Phi) is 5.06. The van der Waals surface area contributed by atoms with Gasteiger partial charge in [0.1, 0.15) is 0 Å². The molecule has 108 valence electrons. The Morgan fingerprint density at radius 1 is 1.30 bits per heavy atom. The quantitative estimate of drug-likeness (QED) is 0.618. The summed E-state index contributed by atoms with van der Waals surface area (Å²) in [4.78, 5) is 0. The van der Waals surface area contributed by atoms with Gasteiger partial charge in [-0.2, -0.15) is 0 Å². The van der Waals surface area contributed by atoms with Crippen molar-refractivity contribution in [1.29, 1.82) is 0 Å². The second-order valence-corrected chi connectivity index (χ2v) is 4.76. The molecule has 6 heteroatoms. The first-order valence-corrected chi connectivity index (χ1v) is 6.92. The van der Waals surface area contributed by atoms with E-state index in [4.69, 9.17) is 10.5 Å². The maximum atomic E-state index is 5.83. The number of nitrogens with zero attached hydrogens (tertiary/aromatic N) is 4. The Balaban J connectivity index is 2.02. The van der Waals surface area contributed by atoms with Gasteiger partial charge in [0.05, 0.1) is 0 Å². The van der Waals surface area contributed by atoms with Crippen LogP contribution in [0.3, 0.4) is 0 Å². The maximum Gasteiger partial charge on any atom is 0.182 e. The minimum Gasteiger partial charge on any atom is -0.399 e. The SMILES string of the molecule is CCCOCCCn1nnnc1-c1ccc(N)c(C)c1. The van der Waals surface area contributed by atoms with Crippen molar-refractivity contribution in [1.82, 2.24) is 20.2 Å². The van der Waals surface area contributed by atoms with Gasteiger partial charge in [-0.3, -0.25) is 0 Å². The van der Waals surface area contributed by atoms with Gasteiger partial charge in [0, 0.05) is 31.0 Å².